The number of halogens is 1. The number of likely N-dealkylation sites (tertiary alicyclic amines) is 1. The van der Waals surface area contributed by atoms with Crippen LogP contribution in [0.4, 0.5) is 10.3 Å². The number of aliphatic hydroxyl groups is 1. The fourth-order valence-corrected chi connectivity index (χ4v) is 2.97. The summed E-state index contributed by atoms with van der Waals surface area (Å²) < 4.78 is 13.5. The summed E-state index contributed by atoms with van der Waals surface area (Å²) in [5.41, 5.74) is 0.263. The number of nitrogens with zero attached hydrogens (tertiary/aromatic N) is 4. The number of carbonyl (C=O) groups excluding carboxylic acids is 1. The highest BCUT2D eigenvalue weighted by molar-refractivity contribution is 5.93. The molecule has 21 heavy (non-hydrogen) atoms. The molecule has 2 aliphatic heterocycles. The molecule has 3 heterocycles. The summed E-state index contributed by atoms with van der Waals surface area (Å²) in [4.78, 5) is 24.4. The van der Waals surface area contributed by atoms with Crippen molar-refractivity contribution in [3.8, 4) is 0 Å². The standard InChI is InChI=1S/C14H19FN4O2/c15-10-7-11(9-20)19(8-10)13(21)12-3-4-16-14(17-12)18-5-1-2-6-18/h3-4,10-11,20H,1-2,5-9H2/t10-,11-/m0/s1. The van der Waals surface area contributed by atoms with Crippen LogP contribution in [0.1, 0.15) is 29.8 Å². The Bertz CT molecular complexity index is 521. The van der Waals surface area contributed by atoms with E-state index in [0.29, 0.717) is 5.95 Å². The van der Waals surface area contributed by atoms with Gasteiger partial charge in [0.1, 0.15) is 11.9 Å². The van der Waals surface area contributed by atoms with Gasteiger partial charge in [-0.05, 0) is 18.9 Å². The first-order valence-electron chi connectivity index (χ1n) is 7.33. The highest BCUT2D eigenvalue weighted by Crippen LogP contribution is 2.23. The van der Waals surface area contributed by atoms with E-state index in [9.17, 15) is 14.3 Å². The van der Waals surface area contributed by atoms with Gasteiger partial charge in [-0.15, -0.1) is 0 Å². The first-order chi connectivity index (χ1) is 10.2. The third-order valence-corrected chi connectivity index (χ3v) is 4.09. The minimum atomic E-state index is -1.08. The SMILES string of the molecule is O=C(c1ccnc(N2CCCC2)n1)N1C[C@@H](F)C[C@H]1CO. The number of hydrogen-bond donors (Lipinski definition) is 1. The van der Waals surface area contributed by atoms with Crippen LogP contribution in [-0.2, 0) is 0 Å². The molecule has 1 aromatic rings. The third kappa shape index (κ3) is 2.83. The van der Waals surface area contributed by atoms with E-state index >= 15 is 0 Å². The Balaban J connectivity index is 1.79. The maximum absolute atomic E-state index is 13.5. The summed E-state index contributed by atoms with van der Waals surface area (Å²) in [5, 5.41) is 9.28. The van der Waals surface area contributed by atoms with E-state index in [4.69, 9.17) is 0 Å². The quantitative estimate of drug-likeness (QED) is 0.885. The smallest absolute Gasteiger partial charge is 0.273 e. The van der Waals surface area contributed by atoms with Gasteiger partial charge in [-0.25, -0.2) is 14.4 Å². The molecule has 7 heteroatoms. The molecule has 2 fully saturated rings. The zero-order valence-electron chi connectivity index (χ0n) is 11.8. The van der Waals surface area contributed by atoms with Gasteiger partial charge in [-0.3, -0.25) is 4.79 Å². The van der Waals surface area contributed by atoms with Crippen LogP contribution >= 0.6 is 0 Å². The molecule has 1 aromatic heterocycles. The molecule has 2 saturated heterocycles. The summed E-state index contributed by atoms with van der Waals surface area (Å²) in [5.74, 6) is 0.215. The van der Waals surface area contributed by atoms with Crippen LogP contribution in [0.5, 0.6) is 0 Å². The van der Waals surface area contributed by atoms with Gasteiger partial charge in [0.05, 0.1) is 19.2 Å². The van der Waals surface area contributed by atoms with Crippen molar-refractivity contribution in [2.24, 2.45) is 0 Å². The zero-order valence-corrected chi connectivity index (χ0v) is 11.8. The summed E-state index contributed by atoms with van der Waals surface area (Å²) in [6, 6.07) is 1.08. The van der Waals surface area contributed by atoms with Crippen molar-refractivity contribution in [1.82, 2.24) is 14.9 Å². The lowest BCUT2D eigenvalue weighted by atomic mass is 10.2. The molecule has 114 valence electrons. The van der Waals surface area contributed by atoms with E-state index in [-0.39, 0.29) is 31.2 Å². The second-order valence-electron chi connectivity index (χ2n) is 5.56. The van der Waals surface area contributed by atoms with Gasteiger partial charge < -0.3 is 14.9 Å². The fourth-order valence-electron chi connectivity index (χ4n) is 2.97. The van der Waals surface area contributed by atoms with Gasteiger partial charge in [0.2, 0.25) is 5.95 Å². The molecule has 2 atom stereocenters. The molecule has 3 rings (SSSR count). The lowest BCUT2D eigenvalue weighted by Crippen LogP contribution is -2.38. The summed E-state index contributed by atoms with van der Waals surface area (Å²) >= 11 is 0. The predicted molar refractivity (Wildman–Crippen MR) is 74.9 cm³/mol. The monoisotopic (exact) mass is 294 g/mol. The molecule has 1 amide bonds. The van der Waals surface area contributed by atoms with Crippen LogP contribution in [0.3, 0.4) is 0 Å². The molecule has 0 aromatic carbocycles. The molecule has 0 saturated carbocycles. The van der Waals surface area contributed by atoms with Gasteiger partial charge in [-0.2, -0.15) is 0 Å². The van der Waals surface area contributed by atoms with Crippen LogP contribution < -0.4 is 4.90 Å². The molecule has 0 aliphatic carbocycles. The lowest BCUT2D eigenvalue weighted by Gasteiger charge is -2.22. The summed E-state index contributed by atoms with van der Waals surface area (Å²) in [6.45, 7) is 1.59. The minimum Gasteiger partial charge on any atom is -0.394 e. The molecule has 0 spiro atoms. The number of aromatic nitrogens is 2. The Hall–Kier alpha value is -1.76. The van der Waals surface area contributed by atoms with Crippen LogP contribution in [0.25, 0.3) is 0 Å². The average molecular weight is 294 g/mol. The fraction of sp³-hybridized carbons (Fsp3) is 0.643. The topological polar surface area (TPSA) is 69.6 Å². The molecule has 6 nitrogen and oxygen atoms in total. The van der Waals surface area contributed by atoms with E-state index in [1.165, 1.54) is 4.90 Å². The molecular formula is C14H19FN4O2. The maximum Gasteiger partial charge on any atom is 0.273 e. The third-order valence-electron chi connectivity index (χ3n) is 4.09. The Labute approximate surface area is 122 Å². The van der Waals surface area contributed by atoms with Crippen LogP contribution in [0.15, 0.2) is 12.3 Å². The number of amides is 1. The minimum absolute atomic E-state index is 0.0209. The second-order valence-corrected chi connectivity index (χ2v) is 5.56. The normalized spacial score (nSPS) is 25.6. The van der Waals surface area contributed by atoms with Crippen molar-refractivity contribution in [2.45, 2.75) is 31.5 Å². The number of alkyl halides is 1. The Morgan fingerprint density at radius 2 is 2.19 bits per heavy atom. The average Bonchev–Trinajstić information content (AvgIpc) is 3.15. The number of aliphatic hydroxyl groups excluding tert-OH is 1. The largest absolute Gasteiger partial charge is 0.394 e. The highest BCUT2D eigenvalue weighted by atomic mass is 19.1. The lowest BCUT2D eigenvalue weighted by molar-refractivity contribution is 0.0667. The predicted octanol–water partition coefficient (Wildman–Crippen LogP) is 0.622. The molecular weight excluding hydrogens is 275 g/mol. The van der Waals surface area contributed by atoms with Crippen LogP contribution in [-0.4, -0.2) is 64.3 Å². The van der Waals surface area contributed by atoms with E-state index < -0.39 is 12.2 Å². The number of hydrogen-bond acceptors (Lipinski definition) is 5. The molecule has 0 bridgehead atoms. The van der Waals surface area contributed by atoms with Gasteiger partial charge >= 0.3 is 0 Å². The number of rotatable bonds is 3. The highest BCUT2D eigenvalue weighted by Gasteiger charge is 2.36. The summed E-state index contributed by atoms with van der Waals surface area (Å²) in [7, 11) is 0. The van der Waals surface area contributed by atoms with Crippen LogP contribution in [0.2, 0.25) is 0 Å². The molecule has 0 radical (unpaired) electrons. The molecule has 1 N–H and O–H groups in total. The number of carbonyl (C=O) groups is 1. The van der Waals surface area contributed by atoms with Gasteiger partial charge in [0.15, 0.2) is 0 Å². The Kier molecular flexibility index (Phi) is 4.01. The van der Waals surface area contributed by atoms with Gasteiger partial charge in [0.25, 0.3) is 5.91 Å². The van der Waals surface area contributed by atoms with Gasteiger partial charge in [-0.1, -0.05) is 0 Å². The van der Waals surface area contributed by atoms with Gasteiger partial charge in [0, 0.05) is 25.7 Å². The van der Waals surface area contributed by atoms with Crippen LogP contribution in [0, 0.1) is 0 Å². The van der Waals surface area contributed by atoms with E-state index in [0.717, 1.165) is 25.9 Å². The van der Waals surface area contributed by atoms with Crippen molar-refractivity contribution in [2.75, 3.05) is 31.1 Å². The van der Waals surface area contributed by atoms with E-state index in [2.05, 4.69) is 9.97 Å². The maximum atomic E-state index is 13.5. The second kappa shape index (κ2) is 5.93. The van der Waals surface area contributed by atoms with Crippen molar-refractivity contribution in [3.05, 3.63) is 18.0 Å². The van der Waals surface area contributed by atoms with Crippen molar-refractivity contribution in [3.63, 3.8) is 0 Å². The van der Waals surface area contributed by atoms with E-state index in [1.807, 2.05) is 4.90 Å². The van der Waals surface area contributed by atoms with Crippen molar-refractivity contribution >= 4 is 11.9 Å². The van der Waals surface area contributed by atoms with E-state index in [1.54, 1.807) is 12.3 Å². The summed E-state index contributed by atoms with van der Waals surface area (Å²) in [6.07, 6.45) is 2.87. The first-order valence-corrected chi connectivity index (χ1v) is 7.33. The number of anilines is 1. The molecule has 2 aliphatic rings. The Morgan fingerprint density at radius 1 is 1.43 bits per heavy atom. The zero-order chi connectivity index (χ0) is 14.8. The Morgan fingerprint density at radius 3 is 2.90 bits per heavy atom. The molecule has 0 unspecified atom stereocenters. The first kappa shape index (κ1) is 14.2. The van der Waals surface area contributed by atoms with Crippen molar-refractivity contribution < 1.29 is 14.3 Å². The van der Waals surface area contributed by atoms with Crippen molar-refractivity contribution in [1.29, 1.82) is 0 Å².